The van der Waals surface area contributed by atoms with E-state index in [-0.39, 0.29) is 0 Å². The van der Waals surface area contributed by atoms with Crippen molar-refractivity contribution in [3.63, 3.8) is 0 Å². The van der Waals surface area contributed by atoms with Crippen molar-refractivity contribution in [3.05, 3.63) is 23.2 Å². The van der Waals surface area contributed by atoms with Crippen LogP contribution in [-0.2, 0) is 6.54 Å². The molecule has 0 bridgehead atoms. The van der Waals surface area contributed by atoms with Crippen molar-refractivity contribution >= 4 is 11.8 Å². The molecule has 0 unspecified atom stereocenters. The van der Waals surface area contributed by atoms with Crippen LogP contribution < -0.4 is 5.32 Å². The van der Waals surface area contributed by atoms with Gasteiger partial charge in [-0.1, -0.05) is 0 Å². The molecule has 0 spiro atoms. The first kappa shape index (κ1) is 12.7. The number of hydrogen-bond acceptors (Lipinski definition) is 3. The van der Waals surface area contributed by atoms with Gasteiger partial charge in [-0.05, 0) is 40.0 Å². The van der Waals surface area contributed by atoms with Crippen molar-refractivity contribution < 1.29 is 4.42 Å². The van der Waals surface area contributed by atoms with E-state index in [4.69, 9.17) is 4.42 Å². The summed E-state index contributed by atoms with van der Waals surface area (Å²) in [7, 11) is 0. The van der Waals surface area contributed by atoms with Gasteiger partial charge in [-0.25, -0.2) is 0 Å². The lowest BCUT2D eigenvalue weighted by molar-refractivity contribution is 0.497. The summed E-state index contributed by atoms with van der Waals surface area (Å²) in [5.41, 5.74) is 1.27. The number of nitrogens with one attached hydrogen (secondary N) is 1. The summed E-state index contributed by atoms with van der Waals surface area (Å²) in [5.74, 6) is 2.02. The summed E-state index contributed by atoms with van der Waals surface area (Å²) in [5, 5.41) is 3.47. The minimum Gasteiger partial charge on any atom is -0.466 e. The molecular formula is C12H21NOS. The van der Waals surface area contributed by atoms with Gasteiger partial charge >= 0.3 is 0 Å². The molecule has 0 amide bonds. The van der Waals surface area contributed by atoms with Gasteiger partial charge in [-0.15, -0.1) is 0 Å². The van der Waals surface area contributed by atoms with Gasteiger partial charge in [0.2, 0.25) is 0 Å². The van der Waals surface area contributed by atoms with Crippen LogP contribution in [0.1, 0.15) is 30.9 Å². The predicted octanol–water partition coefficient (Wildman–Crippen LogP) is 3.13. The SMILES string of the molecule is CSC(C)(C)CNCc1cc(C)oc1C. The second-order valence-corrected chi connectivity index (χ2v) is 6.02. The van der Waals surface area contributed by atoms with Gasteiger partial charge in [-0.3, -0.25) is 0 Å². The maximum Gasteiger partial charge on any atom is 0.105 e. The fourth-order valence-electron chi connectivity index (χ4n) is 1.43. The van der Waals surface area contributed by atoms with Crippen molar-refractivity contribution in [3.8, 4) is 0 Å². The van der Waals surface area contributed by atoms with Gasteiger partial charge in [-0.2, -0.15) is 11.8 Å². The van der Waals surface area contributed by atoms with E-state index in [9.17, 15) is 0 Å². The summed E-state index contributed by atoms with van der Waals surface area (Å²) in [6.45, 7) is 10.4. The summed E-state index contributed by atoms with van der Waals surface area (Å²) in [6, 6.07) is 2.11. The monoisotopic (exact) mass is 227 g/mol. The van der Waals surface area contributed by atoms with Crippen molar-refractivity contribution in [2.45, 2.75) is 39.0 Å². The fourth-order valence-corrected chi connectivity index (χ4v) is 1.68. The van der Waals surface area contributed by atoms with E-state index in [0.717, 1.165) is 24.6 Å². The minimum atomic E-state index is 0.298. The molecule has 0 aliphatic carbocycles. The third-order valence-electron chi connectivity index (χ3n) is 2.56. The van der Waals surface area contributed by atoms with Crippen molar-refractivity contribution in [2.75, 3.05) is 12.8 Å². The summed E-state index contributed by atoms with van der Waals surface area (Å²) >= 11 is 1.89. The number of furan rings is 1. The van der Waals surface area contributed by atoms with Crippen LogP contribution in [0.3, 0.4) is 0 Å². The largest absolute Gasteiger partial charge is 0.466 e. The van der Waals surface area contributed by atoms with Gasteiger partial charge in [0.15, 0.2) is 0 Å². The first-order valence-corrected chi connectivity index (χ1v) is 6.49. The topological polar surface area (TPSA) is 25.2 Å². The average Bonchev–Trinajstić information content (AvgIpc) is 2.45. The predicted molar refractivity (Wildman–Crippen MR) is 67.5 cm³/mol. The Balaban J connectivity index is 2.41. The van der Waals surface area contributed by atoms with E-state index in [1.165, 1.54) is 5.56 Å². The minimum absolute atomic E-state index is 0.298. The van der Waals surface area contributed by atoms with Crippen LogP contribution in [-0.4, -0.2) is 17.5 Å². The Hall–Kier alpha value is -0.410. The lowest BCUT2D eigenvalue weighted by Crippen LogP contribution is -2.31. The zero-order chi connectivity index (χ0) is 11.5. The molecule has 0 fully saturated rings. The molecule has 1 heterocycles. The molecule has 0 aromatic carbocycles. The lowest BCUT2D eigenvalue weighted by atomic mass is 10.2. The van der Waals surface area contributed by atoms with E-state index in [1.54, 1.807) is 0 Å². The molecule has 1 N–H and O–H groups in total. The normalized spacial score (nSPS) is 12.1. The number of rotatable bonds is 5. The Bertz CT molecular complexity index is 317. The van der Waals surface area contributed by atoms with Crippen LogP contribution in [0.5, 0.6) is 0 Å². The van der Waals surface area contributed by atoms with Gasteiger partial charge in [0, 0.05) is 23.4 Å². The first-order valence-electron chi connectivity index (χ1n) is 5.26. The molecule has 86 valence electrons. The highest BCUT2D eigenvalue weighted by Gasteiger charge is 2.15. The van der Waals surface area contributed by atoms with Crippen molar-refractivity contribution in [2.24, 2.45) is 0 Å². The van der Waals surface area contributed by atoms with Crippen LogP contribution in [0.15, 0.2) is 10.5 Å². The van der Waals surface area contributed by atoms with E-state index in [1.807, 2.05) is 25.6 Å². The van der Waals surface area contributed by atoms with Gasteiger partial charge in [0.05, 0.1) is 0 Å². The Morgan fingerprint density at radius 2 is 2.07 bits per heavy atom. The summed E-state index contributed by atoms with van der Waals surface area (Å²) in [6.07, 6.45) is 2.15. The Labute approximate surface area is 96.8 Å². The summed E-state index contributed by atoms with van der Waals surface area (Å²) in [4.78, 5) is 0. The smallest absolute Gasteiger partial charge is 0.105 e. The van der Waals surface area contributed by atoms with Crippen LogP contribution in [0.2, 0.25) is 0 Å². The second kappa shape index (κ2) is 5.08. The first-order chi connectivity index (χ1) is 6.94. The zero-order valence-corrected chi connectivity index (χ0v) is 11.1. The molecule has 15 heavy (non-hydrogen) atoms. The van der Waals surface area contributed by atoms with Crippen LogP contribution in [0, 0.1) is 13.8 Å². The molecular weight excluding hydrogens is 206 g/mol. The van der Waals surface area contributed by atoms with Gasteiger partial charge < -0.3 is 9.73 Å². The number of hydrogen-bond donors (Lipinski definition) is 1. The Morgan fingerprint density at radius 3 is 2.53 bits per heavy atom. The second-order valence-electron chi connectivity index (χ2n) is 4.51. The molecule has 0 aliphatic rings. The molecule has 0 saturated heterocycles. The quantitative estimate of drug-likeness (QED) is 0.836. The summed E-state index contributed by atoms with van der Waals surface area (Å²) < 4.78 is 5.78. The molecule has 0 aliphatic heterocycles. The fraction of sp³-hybridized carbons (Fsp3) is 0.667. The van der Waals surface area contributed by atoms with Crippen LogP contribution >= 0.6 is 11.8 Å². The van der Waals surface area contributed by atoms with Crippen LogP contribution in [0.25, 0.3) is 0 Å². The third-order valence-corrected chi connectivity index (χ3v) is 3.81. The van der Waals surface area contributed by atoms with Crippen LogP contribution in [0.4, 0.5) is 0 Å². The number of thioether (sulfide) groups is 1. The number of aryl methyl sites for hydroxylation is 2. The molecule has 1 aromatic heterocycles. The van der Waals surface area contributed by atoms with E-state index in [0.29, 0.717) is 4.75 Å². The standard InChI is InChI=1S/C12H21NOS/c1-9-6-11(10(2)14-9)7-13-8-12(3,4)15-5/h6,13H,7-8H2,1-5H3. The molecule has 1 aromatic rings. The third kappa shape index (κ3) is 3.92. The maximum atomic E-state index is 5.48. The van der Waals surface area contributed by atoms with E-state index >= 15 is 0 Å². The molecule has 0 atom stereocenters. The highest BCUT2D eigenvalue weighted by Crippen LogP contribution is 2.20. The van der Waals surface area contributed by atoms with Crippen molar-refractivity contribution in [1.82, 2.24) is 5.32 Å². The average molecular weight is 227 g/mol. The van der Waals surface area contributed by atoms with E-state index < -0.39 is 0 Å². The van der Waals surface area contributed by atoms with Gasteiger partial charge in [0.25, 0.3) is 0 Å². The maximum absolute atomic E-state index is 5.48. The molecule has 2 nitrogen and oxygen atoms in total. The van der Waals surface area contributed by atoms with Crippen molar-refractivity contribution in [1.29, 1.82) is 0 Å². The highest BCUT2D eigenvalue weighted by atomic mass is 32.2. The molecule has 0 saturated carbocycles. The molecule has 1 rings (SSSR count). The molecule has 0 radical (unpaired) electrons. The molecule has 3 heteroatoms. The Kier molecular flexibility index (Phi) is 4.29. The van der Waals surface area contributed by atoms with Gasteiger partial charge in [0.1, 0.15) is 11.5 Å². The van der Waals surface area contributed by atoms with E-state index in [2.05, 4.69) is 31.5 Å². The Morgan fingerprint density at radius 1 is 1.40 bits per heavy atom. The highest BCUT2D eigenvalue weighted by molar-refractivity contribution is 7.99. The lowest BCUT2D eigenvalue weighted by Gasteiger charge is -2.22. The zero-order valence-electron chi connectivity index (χ0n) is 10.3.